The fourth-order valence-electron chi connectivity index (χ4n) is 2.34. The normalized spacial score (nSPS) is 17.6. The van der Waals surface area contributed by atoms with E-state index in [9.17, 15) is 9.36 Å². The van der Waals surface area contributed by atoms with Gasteiger partial charge in [-0.15, -0.1) is 11.8 Å². The van der Waals surface area contributed by atoms with Gasteiger partial charge in [-0.1, -0.05) is 4.57 Å². The maximum atomic E-state index is 12.6. The molecule has 114 valence electrons. The molecule has 0 aliphatic carbocycles. The highest BCUT2D eigenvalue weighted by Gasteiger charge is 2.47. The van der Waals surface area contributed by atoms with Gasteiger partial charge in [-0.25, -0.2) is 4.79 Å². The van der Waals surface area contributed by atoms with Crippen LogP contribution >= 0.6 is 19.6 Å². The Hall–Kier alpha value is -0.740. The zero-order valence-corrected chi connectivity index (χ0v) is 14.4. The van der Waals surface area contributed by atoms with Gasteiger partial charge in [0.05, 0.1) is 13.2 Å². The van der Waals surface area contributed by atoms with Crippen LogP contribution in [0.15, 0.2) is 29.2 Å². The molecule has 4 nitrogen and oxygen atoms in total. The topological polar surface area (TPSA) is 46.6 Å². The van der Waals surface area contributed by atoms with E-state index in [1.165, 1.54) is 0 Å². The molecule has 0 saturated carbocycles. The number of morpholine rings is 1. The van der Waals surface area contributed by atoms with Gasteiger partial charge in [0.25, 0.3) is 0 Å². The molecular weight excluding hydrogens is 305 g/mol. The van der Waals surface area contributed by atoms with E-state index < -0.39 is 13.3 Å². The fraction of sp³-hybridized carbons (Fsp3) is 0.533. The quantitative estimate of drug-likeness (QED) is 0.614. The Labute approximate surface area is 131 Å². The first-order chi connectivity index (χ1) is 9.96. The molecule has 0 bridgehead atoms. The van der Waals surface area contributed by atoms with Crippen LogP contribution in [-0.2, 0) is 14.1 Å². The Bertz CT molecular complexity index is 524. The van der Waals surface area contributed by atoms with Crippen LogP contribution in [0.25, 0.3) is 0 Å². The summed E-state index contributed by atoms with van der Waals surface area (Å²) in [6.45, 7) is 6.35. The van der Waals surface area contributed by atoms with Crippen molar-refractivity contribution in [2.75, 3.05) is 32.6 Å². The van der Waals surface area contributed by atoms with E-state index in [2.05, 4.69) is 4.90 Å². The van der Waals surface area contributed by atoms with Gasteiger partial charge < -0.3 is 4.74 Å². The van der Waals surface area contributed by atoms with E-state index in [-0.39, 0.29) is 5.52 Å². The van der Waals surface area contributed by atoms with Crippen LogP contribution in [-0.4, -0.2) is 48.5 Å². The highest BCUT2D eigenvalue weighted by Crippen LogP contribution is 2.32. The molecule has 1 unspecified atom stereocenters. The third-order valence-electron chi connectivity index (χ3n) is 3.82. The molecule has 1 aliphatic heterocycles. The van der Waals surface area contributed by atoms with E-state index in [4.69, 9.17) is 4.74 Å². The lowest BCUT2D eigenvalue weighted by Gasteiger charge is -2.36. The second-order valence-corrected chi connectivity index (χ2v) is 7.85. The maximum absolute atomic E-state index is 12.6. The average Bonchev–Trinajstić information content (AvgIpc) is 2.54. The van der Waals surface area contributed by atoms with Crippen molar-refractivity contribution in [2.45, 2.75) is 24.3 Å². The molecule has 1 aromatic rings. The first kappa shape index (κ1) is 16.6. The summed E-state index contributed by atoms with van der Waals surface area (Å²) in [7, 11) is -2.05. The summed E-state index contributed by atoms with van der Waals surface area (Å²) >= 11 is 1.62. The van der Waals surface area contributed by atoms with Gasteiger partial charge in [-0.3, -0.25) is 4.90 Å². The summed E-state index contributed by atoms with van der Waals surface area (Å²) in [6.07, 6.45) is 1.99. The number of carbonyl (C=O) groups excluding carboxylic acids is 1. The lowest BCUT2D eigenvalue weighted by molar-refractivity contribution is -0.123. The van der Waals surface area contributed by atoms with Gasteiger partial charge in [0, 0.05) is 18.0 Å². The molecule has 0 spiro atoms. The number of carbonyl (C=O) groups is 1. The Balaban J connectivity index is 2.14. The van der Waals surface area contributed by atoms with Gasteiger partial charge in [-0.2, -0.15) is 0 Å². The van der Waals surface area contributed by atoms with Crippen molar-refractivity contribution in [3.8, 4) is 0 Å². The minimum atomic E-state index is -2.05. The van der Waals surface area contributed by atoms with Crippen molar-refractivity contribution in [3.05, 3.63) is 24.3 Å². The molecule has 0 amide bonds. The summed E-state index contributed by atoms with van der Waals surface area (Å²) in [5.41, 5.74) is -0.939. The fourth-order valence-corrected chi connectivity index (χ4v) is 4.04. The van der Waals surface area contributed by atoms with Crippen molar-refractivity contribution in [3.63, 3.8) is 0 Å². The molecule has 21 heavy (non-hydrogen) atoms. The SMILES string of the molecule is CSc1ccc([P+](=O)C(=O)C(C)(C)N2CCOCC2)cc1. The molecule has 6 heteroatoms. The molecule has 1 aliphatic rings. The molecule has 1 aromatic carbocycles. The van der Waals surface area contributed by atoms with Crippen LogP contribution in [0.2, 0.25) is 0 Å². The van der Waals surface area contributed by atoms with Crippen molar-refractivity contribution in [1.82, 2.24) is 4.90 Å². The van der Waals surface area contributed by atoms with Crippen LogP contribution in [0.4, 0.5) is 0 Å². The number of rotatable bonds is 5. The predicted molar refractivity (Wildman–Crippen MR) is 86.9 cm³/mol. The molecule has 0 N–H and O–H groups in total. The van der Waals surface area contributed by atoms with Crippen molar-refractivity contribution in [1.29, 1.82) is 0 Å². The molecule has 0 aromatic heterocycles. The molecule has 1 heterocycles. The second kappa shape index (κ2) is 7.01. The van der Waals surface area contributed by atoms with Crippen molar-refractivity contribution >= 4 is 30.4 Å². The van der Waals surface area contributed by atoms with Gasteiger partial charge in [0.1, 0.15) is 5.54 Å². The Morgan fingerprint density at radius 1 is 1.24 bits per heavy atom. The van der Waals surface area contributed by atoms with Crippen molar-refractivity contribution in [2.24, 2.45) is 0 Å². The highest BCUT2D eigenvalue weighted by molar-refractivity contribution is 7.98. The third kappa shape index (κ3) is 3.72. The second-order valence-electron chi connectivity index (χ2n) is 5.46. The van der Waals surface area contributed by atoms with Crippen LogP contribution in [0.3, 0.4) is 0 Å². The summed E-state index contributed by atoms with van der Waals surface area (Å²) in [4.78, 5) is 15.8. The summed E-state index contributed by atoms with van der Waals surface area (Å²) in [5, 5.41) is 0.606. The first-order valence-electron chi connectivity index (χ1n) is 6.95. The molecular formula is C15H21NO3PS+. The minimum absolute atomic E-state index is 0.212. The number of benzene rings is 1. The van der Waals surface area contributed by atoms with Gasteiger partial charge in [0.15, 0.2) is 5.30 Å². The van der Waals surface area contributed by atoms with E-state index in [1.807, 2.05) is 32.2 Å². The zero-order chi connectivity index (χ0) is 15.5. The molecule has 1 saturated heterocycles. The summed E-state index contributed by atoms with van der Waals surface area (Å²) in [6, 6.07) is 7.39. The smallest absolute Gasteiger partial charge is 0.379 e. The molecule has 1 atom stereocenters. The third-order valence-corrected chi connectivity index (χ3v) is 6.24. The summed E-state index contributed by atoms with van der Waals surface area (Å²) in [5.74, 6) is 0. The van der Waals surface area contributed by atoms with Crippen molar-refractivity contribution < 1.29 is 14.1 Å². The van der Waals surface area contributed by atoms with E-state index in [0.717, 1.165) is 4.90 Å². The van der Waals surface area contributed by atoms with Crippen LogP contribution in [0.1, 0.15) is 13.8 Å². The number of thioether (sulfide) groups is 1. The van der Waals surface area contributed by atoms with Crippen LogP contribution in [0.5, 0.6) is 0 Å². The Morgan fingerprint density at radius 3 is 2.33 bits per heavy atom. The lowest BCUT2D eigenvalue weighted by atomic mass is 10.0. The largest absolute Gasteiger partial charge is 0.455 e. The highest BCUT2D eigenvalue weighted by atomic mass is 32.2. The standard InChI is InChI=1S/C15H21NO3PS/c1-15(2,16-8-10-19-11-9-16)14(17)20(18)12-4-6-13(21-3)7-5-12/h4-7H,8-11H2,1-3H3/q+1. The van der Waals surface area contributed by atoms with Crippen LogP contribution in [0, 0.1) is 0 Å². The van der Waals surface area contributed by atoms with E-state index in [1.54, 1.807) is 23.9 Å². The molecule has 2 rings (SSSR count). The monoisotopic (exact) mass is 326 g/mol. The minimum Gasteiger partial charge on any atom is -0.379 e. The number of hydrogen-bond donors (Lipinski definition) is 0. The zero-order valence-electron chi connectivity index (χ0n) is 12.7. The van der Waals surface area contributed by atoms with E-state index in [0.29, 0.717) is 31.6 Å². The van der Waals surface area contributed by atoms with Gasteiger partial charge in [-0.05, 0) is 44.4 Å². The predicted octanol–water partition coefficient (Wildman–Crippen LogP) is 2.50. The average molecular weight is 326 g/mol. The van der Waals surface area contributed by atoms with Gasteiger partial charge >= 0.3 is 13.3 Å². The number of hydrogen-bond acceptors (Lipinski definition) is 5. The molecule has 1 fully saturated rings. The lowest BCUT2D eigenvalue weighted by Crippen LogP contribution is -2.53. The molecule has 0 radical (unpaired) electrons. The van der Waals surface area contributed by atoms with E-state index >= 15 is 0 Å². The van der Waals surface area contributed by atoms with Gasteiger partial charge in [0.2, 0.25) is 0 Å². The summed E-state index contributed by atoms with van der Waals surface area (Å²) < 4.78 is 17.9. The Morgan fingerprint density at radius 2 is 1.81 bits per heavy atom. The van der Waals surface area contributed by atoms with Crippen LogP contribution < -0.4 is 5.30 Å². The Kier molecular flexibility index (Phi) is 5.55. The number of nitrogens with zero attached hydrogens (tertiary/aromatic N) is 1. The first-order valence-corrected chi connectivity index (χ1v) is 9.44. The maximum Gasteiger partial charge on any atom is 0.455 e. The number of ether oxygens (including phenoxy) is 1.